The molecule has 1 amide bonds. The number of carbonyl (C=O) groups is 2. The molecule has 1 aromatic carbocycles. The van der Waals surface area contributed by atoms with Crippen LogP contribution in [0.2, 0.25) is 0 Å². The van der Waals surface area contributed by atoms with Crippen LogP contribution >= 0.6 is 0 Å². The van der Waals surface area contributed by atoms with E-state index in [1.807, 2.05) is 18.5 Å². The molecular weight excluding hydrogens is 330 g/mol. The van der Waals surface area contributed by atoms with Gasteiger partial charge in [0.2, 0.25) is 5.91 Å². The van der Waals surface area contributed by atoms with Crippen molar-refractivity contribution in [2.45, 2.75) is 53.5 Å². The minimum atomic E-state index is -0.869. The number of carbonyl (C=O) groups excluding carboxylic acids is 1. The average molecular weight is 357 g/mol. The summed E-state index contributed by atoms with van der Waals surface area (Å²) in [4.78, 5) is 23.4. The highest BCUT2D eigenvalue weighted by molar-refractivity contribution is 5.92. The van der Waals surface area contributed by atoms with Crippen LogP contribution in [-0.2, 0) is 22.6 Å². The molecule has 0 bridgehead atoms. The molecule has 1 unspecified atom stereocenters. The van der Waals surface area contributed by atoms with E-state index in [0.29, 0.717) is 17.2 Å². The number of carboxylic acids is 1. The van der Waals surface area contributed by atoms with Crippen LogP contribution in [0, 0.1) is 19.8 Å². The molecule has 0 saturated heterocycles. The molecule has 2 N–H and O–H groups in total. The molecule has 0 radical (unpaired) electrons. The summed E-state index contributed by atoms with van der Waals surface area (Å²) in [6.45, 7) is 10.7. The summed E-state index contributed by atoms with van der Waals surface area (Å²) in [6, 6.07) is 6.92. The predicted molar refractivity (Wildman–Crippen MR) is 101 cm³/mol. The standard InChI is InChI=1S/C20H27N3O3/c1-12(2)11-23-15(5)18(14(4)22-23)10-19(24)21-17-8-6-16(7-9-17)13(3)20(25)26/h6-9,12-13H,10-11H2,1-5H3,(H,21,24)(H,25,26). The minimum absolute atomic E-state index is 0.112. The van der Waals surface area contributed by atoms with Crippen LogP contribution in [0.15, 0.2) is 24.3 Å². The van der Waals surface area contributed by atoms with E-state index in [4.69, 9.17) is 5.11 Å². The summed E-state index contributed by atoms with van der Waals surface area (Å²) in [7, 11) is 0. The van der Waals surface area contributed by atoms with Crippen LogP contribution in [-0.4, -0.2) is 26.8 Å². The number of hydrogen-bond acceptors (Lipinski definition) is 3. The largest absolute Gasteiger partial charge is 0.481 e. The van der Waals surface area contributed by atoms with E-state index in [-0.39, 0.29) is 12.3 Å². The third-order valence-electron chi connectivity index (χ3n) is 4.47. The lowest BCUT2D eigenvalue weighted by Crippen LogP contribution is -2.16. The topological polar surface area (TPSA) is 84.2 Å². The maximum atomic E-state index is 12.4. The van der Waals surface area contributed by atoms with E-state index in [1.165, 1.54) is 0 Å². The van der Waals surface area contributed by atoms with Gasteiger partial charge in [0.25, 0.3) is 0 Å². The monoisotopic (exact) mass is 357 g/mol. The first kappa shape index (κ1) is 19.7. The van der Waals surface area contributed by atoms with Crippen molar-refractivity contribution in [1.82, 2.24) is 9.78 Å². The molecule has 1 atom stereocenters. The molecule has 1 aromatic heterocycles. The quantitative estimate of drug-likeness (QED) is 0.794. The Morgan fingerprint density at radius 1 is 1.15 bits per heavy atom. The maximum Gasteiger partial charge on any atom is 0.310 e. The number of rotatable bonds is 7. The number of aromatic nitrogens is 2. The second-order valence-electron chi connectivity index (χ2n) is 7.13. The van der Waals surface area contributed by atoms with Crippen LogP contribution in [0.3, 0.4) is 0 Å². The highest BCUT2D eigenvalue weighted by atomic mass is 16.4. The van der Waals surface area contributed by atoms with E-state index >= 15 is 0 Å². The molecule has 26 heavy (non-hydrogen) atoms. The molecule has 2 rings (SSSR count). The zero-order chi connectivity index (χ0) is 19.4. The number of hydrogen-bond donors (Lipinski definition) is 2. The molecule has 0 aliphatic rings. The number of nitrogens with one attached hydrogen (secondary N) is 1. The van der Waals surface area contributed by atoms with Crippen molar-refractivity contribution in [3.8, 4) is 0 Å². The summed E-state index contributed by atoms with van der Waals surface area (Å²) < 4.78 is 1.96. The molecule has 0 fully saturated rings. The molecule has 1 heterocycles. The van der Waals surface area contributed by atoms with E-state index < -0.39 is 11.9 Å². The number of aliphatic carboxylic acids is 1. The zero-order valence-electron chi connectivity index (χ0n) is 16.0. The molecule has 0 saturated carbocycles. The Hall–Kier alpha value is -2.63. The van der Waals surface area contributed by atoms with Gasteiger partial charge in [-0.2, -0.15) is 5.10 Å². The second kappa shape index (κ2) is 8.17. The molecule has 6 heteroatoms. The number of carboxylic acid groups (broad SMARTS) is 1. The second-order valence-corrected chi connectivity index (χ2v) is 7.13. The summed E-state index contributed by atoms with van der Waals surface area (Å²) in [5.41, 5.74) is 4.22. The highest BCUT2D eigenvalue weighted by Gasteiger charge is 2.16. The lowest BCUT2D eigenvalue weighted by molar-refractivity contribution is -0.138. The van der Waals surface area contributed by atoms with Gasteiger partial charge in [-0.25, -0.2) is 0 Å². The number of anilines is 1. The Bertz CT molecular complexity index is 791. The van der Waals surface area contributed by atoms with Gasteiger partial charge in [0, 0.05) is 23.5 Å². The molecule has 0 aliphatic heterocycles. The van der Waals surface area contributed by atoms with Crippen molar-refractivity contribution in [3.63, 3.8) is 0 Å². The number of amides is 1. The van der Waals surface area contributed by atoms with Gasteiger partial charge in [-0.15, -0.1) is 0 Å². The van der Waals surface area contributed by atoms with Gasteiger partial charge in [0.05, 0.1) is 18.0 Å². The van der Waals surface area contributed by atoms with Gasteiger partial charge in [-0.05, 0) is 44.4 Å². The van der Waals surface area contributed by atoms with Gasteiger partial charge in [-0.3, -0.25) is 14.3 Å². The summed E-state index contributed by atoms with van der Waals surface area (Å²) >= 11 is 0. The van der Waals surface area contributed by atoms with Gasteiger partial charge < -0.3 is 10.4 Å². The van der Waals surface area contributed by atoms with E-state index in [0.717, 1.165) is 23.5 Å². The average Bonchev–Trinajstić information content (AvgIpc) is 2.81. The molecule has 2 aromatic rings. The first-order valence-electron chi connectivity index (χ1n) is 8.84. The Morgan fingerprint density at radius 2 is 1.77 bits per heavy atom. The third kappa shape index (κ3) is 4.71. The predicted octanol–water partition coefficient (Wildman–Crippen LogP) is 3.53. The fraction of sp³-hybridized carbons (Fsp3) is 0.450. The maximum absolute atomic E-state index is 12.4. The minimum Gasteiger partial charge on any atom is -0.481 e. The van der Waals surface area contributed by atoms with Crippen molar-refractivity contribution in [1.29, 1.82) is 0 Å². The lowest BCUT2D eigenvalue weighted by atomic mass is 10.0. The van der Waals surface area contributed by atoms with Crippen LogP contribution in [0.1, 0.15) is 49.2 Å². The molecule has 140 valence electrons. The normalized spacial score (nSPS) is 12.2. The molecule has 6 nitrogen and oxygen atoms in total. The van der Waals surface area contributed by atoms with Crippen molar-refractivity contribution >= 4 is 17.6 Å². The van der Waals surface area contributed by atoms with E-state index in [2.05, 4.69) is 24.3 Å². The van der Waals surface area contributed by atoms with Gasteiger partial charge in [0.1, 0.15) is 0 Å². The van der Waals surface area contributed by atoms with Crippen LogP contribution in [0.4, 0.5) is 5.69 Å². The summed E-state index contributed by atoms with van der Waals surface area (Å²) in [5.74, 6) is -1.07. The Balaban J connectivity index is 2.05. The number of aryl methyl sites for hydroxylation is 1. The van der Waals surface area contributed by atoms with E-state index in [1.54, 1.807) is 31.2 Å². The van der Waals surface area contributed by atoms with Crippen LogP contribution < -0.4 is 5.32 Å². The first-order valence-corrected chi connectivity index (χ1v) is 8.84. The third-order valence-corrected chi connectivity index (χ3v) is 4.47. The fourth-order valence-corrected chi connectivity index (χ4v) is 2.88. The van der Waals surface area contributed by atoms with Gasteiger partial charge in [-0.1, -0.05) is 26.0 Å². The first-order chi connectivity index (χ1) is 12.2. The SMILES string of the molecule is Cc1nn(CC(C)C)c(C)c1CC(=O)Nc1ccc(C(C)C(=O)O)cc1. The van der Waals surface area contributed by atoms with Gasteiger partial charge >= 0.3 is 5.97 Å². The summed E-state index contributed by atoms with van der Waals surface area (Å²) in [6.07, 6.45) is 0.267. The smallest absolute Gasteiger partial charge is 0.310 e. The van der Waals surface area contributed by atoms with Crippen LogP contribution in [0.5, 0.6) is 0 Å². The number of nitrogens with zero attached hydrogens (tertiary/aromatic N) is 2. The Morgan fingerprint density at radius 3 is 2.31 bits per heavy atom. The number of benzene rings is 1. The molecule has 0 spiro atoms. The molecular formula is C20H27N3O3. The van der Waals surface area contributed by atoms with E-state index in [9.17, 15) is 9.59 Å². The summed E-state index contributed by atoms with van der Waals surface area (Å²) in [5, 5.41) is 16.5. The highest BCUT2D eigenvalue weighted by Crippen LogP contribution is 2.19. The van der Waals surface area contributed by atoms with Crippen molar-refractivity contribution < 1.29 is 14.7 Å². The van der Waals surface area contributed by atoms with Crippen molar-refractivity contribution in [2.24, 2.45) is 5.92 Å². The zero-order valence-corrected chi connectivity index (χ0v) is 16.0. The van der Waals surface area contributed by atoms with Gasteiger partial charge in [0.15, 0.2) is 0 Å². The Kier molecular flexibility index (Phi) is 6.18. The lowest BCUT2D eigenvalue weighted by Gasteiger charge is -2.10. The van der Waals surface area contributed by atoms with Crippen molar-refractivity contribution in [2.75, 3.05) is 5.32 Å². The van der Waals surface area contributed by atoms with Crippen molar-refractivity contribution in [3.05, 3.63) is 46.8 Å². The fourth-order valence-electron chi connectivity index (χ4n) is 2.88. The molecule has 0 aliphatic carbocycles. The Labute approximate surface area is 154 Å². The van der Waals surface area contributed by atoms with Crippen LogP contribution in [0.25, 0.3) is 0 Å².